The molecule has 0 bridgehead atoms. The minimum atomic E-state index is -0.446. The Kier molecular flexibility index (Phi) is 3.40. The van der Waals surface area contributed by atoms with E-state index in [9.17, 15) is 9.59 Å². The van der Waals surface area contributed by atoms with Crippen molar-refractivity contribution in [1.82, 2.24) is 0 Å². The third-order valence-electron chi connectivity index (χ3n) is 1.77. The molecule has 0 atom stereocenters. The molecule has 3 nitrogen and oxygen atoms in total. The second kappa shape index (κ2) is 4.56. The van der Waals surface area contributed by atoms with Crippen molar-refractivity contribution in [3.63, 3.8) is 0 Å². The van der Waals surface area contributed by atoms with Crippen molar-refractivity contribution in [2.24, 2.45) is 0 Å². The summed E-state index contributed by atoms with van der Waals surface area (Å²) in [5.41, 5.74) is 1.36. The van der Waals surface area contributed by atoms with Gasteiger partial charge in [-0.3, -0.25) is 4.79 Å². The van der Waals surface area contributed by atoms with Crippen LogP contribution in [-0.2, 0) is 9.53 Å². The van der Waals surface area contributed by atoms with Gasteiger partial charge in [-0.15, -0.1) is 0 Å². The maximum atomic E-state index is 11.4. The van der Waals surface area contributed by atoms with Crippen LogP contribution in [0.1, 0.15) is 22.8 Å². The zero-order valence-corrected chi connectivity index (χ0v) is 8.24. The Bertz CT molecular complexity index is 355. The number of Topliss-reactive ketones (excluding diaryl/α,β-unsaturated/α-hetero) is 1. The van der Waals surface area contributed by atoms with Crippen LogP contribution in [-0.4, -0.2) is 18.4 Å². The maximum absolute atomic E-state index is 11.4. The molecule has 1 rings (SSSR count). The van der Waals surface area contributed by atoms with Crippen molar-refractivity contribution in [1.29, 1.82) is 0 Å². The average molecular weight is 192 g/mol. The average Bonchev–Trinajstić information content (AvgIpc) is 2.15. The third-order valence-corrected chi connectivity index (χ3v) is 1.77. The van der Waals surface area contributed by atoms with Gasteiger partial charge in [0.25, 0.3) is 0 Å². The highest BCUT2D eigenvalue weighted by atomic mass is 16.5. The van der Waals surface area contributed by atoms with Crippen LogP contribution in [0.15, 0.2) is 24.3 Å². The molecule has 0 aliphatic carbocycles. The number of aryl methyl sites for hydroxylation is 1. The number of esters is 1. The lowest BCUT2D eigenvalue weighted by Crippen LogP contribution is -2.12. The monoisotopic (exact) mass is 192 g/mol. The number of carbonyl (C=O) groups excluding carboxylic acids is 2. The Hall–Kier alpha value is -1.64. The molecule has 1 aromatic rings. The number of rotatable bonds is 3. The second-order valence-electron chi connectivity index (χ2n) is 3.09. The first kappa shape index (κ1) is 10.4. The summed E-state index contributed by atoms with van der Waals surface area (Å²) in [7, 11) is 0. The zero-order valence-electron chi connectivity index (χ0n) is 8.24. The van der Waals surface area contributed by atoms with Gasteiger partial charge in [-0.1, -0.05) is 18.2 Å². The molecular formula is C11H12O3. The largest absolute Gasteiger partial charge is 0.454 e. The third kappa shape index (κ3) is 2.69. The van der Waals surface area contributed by atoms with Crippen molar-refractivity contribution in [3.8, 4) is 0 Å². The normalized spacial score (nSPS) is 9.57. The fourth-order valence-corrected chi connectivity index (χ4v) is 1.05. The first-order chi connectivity index (χ1) is 6.61. The molecule has 0 amide bonds. The minimum Gasteiger partial charge on any atom is -0.454 e. The van der Waals surface area contributed by atoms with E-state index in [0.717, 1.165) is 5.56 Å². The molecule has 0 fully saturated rings. The quantitative estimate of drug-likeness (QED) is 0.685. The summed E-state index contributed by atoms with van der Waals surface area (Å²) < 4.78 is 4.78. The first-order valence-corrected chi connectivity index (χ1v) is 4.33. The molecule has 0 aliphatic rings. The number of carbonyl (C=O) groups is 2. The summed E-state index contributed by atoms with van der Waals surface area (Å²) in [6, 6.07) is 7.11. The summed E-state index contributed by atoms with van der Waals surface area (Å²) in [5.74, 6) is -0.606. The van der Waals surface area contributed by atoms with Crippen LogP contribution in [0.5, 0.6) is 0 Å². The Labute approximate surface area is 82.7 Å². The molecule has 74 valence electrons. The SMILES string of the molecule is CC(=O)COC(=O)c1ccccc1C. The molecule has 0 saturated heterocycles. The fraction of sp³-hybridized carbons (Fsp3) is 0.273. The zero-order chi connectivity index (χ0) is 10.6. The Morgan fingerprint density at radius 1 is 1.29 bits per heavy atom. The topological polar surface area (TPSA) is 43.4 Å². The van der Waals surface area contributed by atoms with E-state index in [1.54, 1.807) is 12.1 Å². The summed E-state index contributed by atoms with van der Waals surface area (Å²) in [6.45, 7) is 3.04. The number of hydrogen-bond acceptors (Lipinski definition) is 3. The van der Waals surface area contributed by atoms with Crippen LogP contribution in [0.3, 0.4) is 0 Å². The molecule has 0 unspecified atom stereocenters. The molecule has 14 heavy (non-hydrogen) atoms. The van der Waals surface area contributed by atoms with E-state index in [1.165, 1.54) is 6.92 Å². The van der Waals surface area contributed by atoms with Crippen LogP contribution in [0.25, 0.3) is 0 Å². The first-order valence-electron chi connectivity index (χ1n) is 4.33. The van der Waals surface area contributed by atoms with Crippen molar-refractivity contribution < 1.29 is 14.3 Å². The van der Waals surface area contributed by atoms with Crippen LogP contribution >= 0.6 is 0 Å². The van der Waals surface area contributed by atoms with Gasteiger partial charge >= 0.3 is 5.97 Å². The lowest BCUT2D eigenvalue weighted by Gasteiger charge is -2.04. The number of ketones is 1. The van der Waals surface area contributed by atoms with Crippen LogP contribution in [0, 0.1) is 6.92 Å². The molecule has 0 spiro atoms. The maximum Gasteiger partial charge on any atom is 0.338 e. The molecule has 0 saturated carbocycles. The Morgan fingerprint density at radius 3 is 2.50 bits per heavy atom. The molecule has 0 radical (unpaired) electrons. The van der Waals surface area contributed by atoms with Crippen molar-refractivity contribution >= 4 is 11.8 Å². The van der Waals surface area contributed by atoms with Gasteiger partial charge in [-0.05, 0) is 25.5 Å². The summed E-state index contributed by atoms with van der Waals surface area (Å²) >= 11 is 0. The minimum absolute atomic E-state index is 0.160. The molecule has 1 aromatic carbocycles. The highest BCUT2D eigenvalue weighted by Gasteiger charge is 2.09. The van der Waals surface area contributed by atoms with Crippen molar-refractivity contribution in [2.75, 3.05) is 6.61 Å². The van der Waals surface area contributed by atoms with E-state index in [1.807, 2.05) is 19.1 Å². The lowest BCUT2D eigenvalue weighted by atomic mass is 10.1. The molecule has 0 N–H and O–H groups in total. The molecule has 0 heterocycles. The summed E-state index contributed by atoms with van der Waals surface area (Å²) in [4.78, 5) is 22.0. The van der Waals surface area contributed by atoms with E-state index < -0.39 is 5.97 Å². The van der Waals surface area contributed by atoms with Gasteiger partial charge in [-0.25, -0.2) is 4.79 Å². The fourth-order valence-electron chi connectivity index (χ4n) is 1.05. The predicted molar refractivity (Wildman–Crippen MR) is 52.1 cm³/mol. The number of benzene rings is 1. The lowest BCUT2D eigenvalue weighted by molar-refractivity contribution is -0.120. The van der Waals surface area contributed by atoms with Crippen LogP contribution < -0.4 is 0 Å². The van der Waals surface area contributed by atoms with Crippen LogP contribution in [0.4, 0.5) is 0 Å². The van der Waals surface area contributed by atoms with Crippen LogP contribution in [0.2, 0.25) is 0 Å². The Morgan fingerprint density at radius 2 is 1.93 bits per heavy atom. The predicted octanol–water partition coefficient (Wildman–Crippen LogP) is 1.74. The van der Waals surface area contributed by atoms with Crippen molar-refractivity contribution in [2.45, 2.75) is 13.8 Å². The van der Waals surface area contributed by atoms with E-state index in [4.69, 9.17) is 4.74 Å². The van der Waals surface area contributed by atoms with E-state index in [2.05, 4.69) is 0 Å². The van der Waals surface area contributed by atoms with Gasteiger partial charge in [0.05, 0.1) is 5.56 Å². The summed E-state index contributed by atoms with van der Waals surface area (Å²) in [5, 5.41) is 0. The van der Waals surface area contributed by atoms with Gasteiger partial charge < -0.3 is 4.74 Å². The molecule has 0 aromatic heterocycles. The van der Waals surface area contributed by atoms with E-state index >= 15 is 0 Å². The van der Waals surface area contributed by atoms with Gasteiger partial charge in [0.1, 0.15) is 6.61 Å². The summed E-state index contributed by atoms with van der Waals surface area (Å²) in [6.07, 6.45) is 0. The number of ether oxygens (including phenoxy) is 1. The van der Waals surface area contributed by atoms with Gasteiger partial charge in [0.2, 0.25) is 0 Å². The smallest absolute Gasteiger partial charge is 0.338 e. The van der Waals surface area contributed by atoms with Gasteiger partial charge in [0, 0.05) is 0 Å². The molecule has 0 aliphatic heterocycles. The molecule has 3 heteroatoms. The second-order valence-corrected chi connectivity index (χ2v) is 3.09. The van der Waals surface area contributed by atoms with E-state index in [0.29, 0.717) is 5.56 Å². The van der Waals surface area contributed by atoms with E-state index in [-0.39, 0.29) is 12.4 Å². The van der Waals surface area contributed by atoms with Gasteiger partial charge in [0.15, 0.2) is 5.78 Å². The number of hydrogen-bond donors (Lipinski definition) is 0. The Balaban J connectivity index is 2.70. The highest BCUT2D eigenvalue weighted by molar-refractivity contribution is 5.92. The molecular weight excluding hydrogens is 180 g/mol. The highest BCUT2D eigenvalue weighted by Crippen LogP contribution is 2.08. The van der Waals surface area contributed by atoms with Gasteiger partial charge in [-0.2, -0.15) is 0 Å². The van der Waals surface area contributed by atoms with Crippen molar-refractivity contribution in [3.05, 3.63) is 35.4 Å². The standard InChI is InChI=1S/C11H12O3/c1-8-5-3-4-6-10(8)11(13)14-7-9(2)12/h3-6H,7H2,1-2H3.